The minimum atomic E-state index is 0.735. The smallest absolute Gasteiger partial charge is 0.00695 e. The van der Waals surface area contributed by atoms with Gasteiger partial charge in [0, 0.05) is 19.1 Å². The fraction of sp³-hybridized carbons (Fsp3) is 1.00. The highest BCUT2D eigenvalue weighted by molar-refractivity contribution is 4.73. The van der Waals surface area contributed by atoms with Crippen molar-refractivity contribution in [2.24, 2.45) is 17.8 Å². The van der Waals surface area contributed by atoms with Gasteiger partial charge in [0.25, 0.3) is 0 Å². The van der Waals surface area contributed by atoms with E-state index in [0.29, 0.717) is 0 Å². The summed E-state index contributed by atoms with van der Waals surface area (Å²) in [6, 6.07) is 0.735. The maximum atomic E-state index is 2.76. The summed E-state index contributed by atoms with van der Waals surface area (Å²) in [5.41, 5.74) is 0. The minimum Gasteiger partial charge on any atom is -0.300 e. The van der Waals surface area contributed by atoms with Gasteiger partial charge in [-0.15, -0.1) is 0 Å². The Hall–Kier alpha value is -0.0400. The van der Waals surface area contributed by atoms with E-state index < -0.39 is 0 Å². The molecule has 19 heavy (non-hydrogen) atoms. The molecule has 0 saturated heterocycles. The van der Waals surface area contributed by atoms with Crippen LogP contribution in [0.4, 0.5) is 0 Å². The van der Waals surface area contributed by atoms with Gasteiger partial charge in [-0.1, -0.05) is 54.4 Å². The Morgan fingerprint density at radius 3 is 1.47 bits per heavy atom. The molecule has 3 atom stereocenters. The first-order valence-electron chi connectivity index (χ1n) is 8.64. The standard InChI is InChI=1S/C18H39N/c1-8-10-16(5)13-19(14-17(6)11-9-2)18(7)12-15(3)4/h15-18H,8-14H2,1-7H3/t16?,17?,18-/m1/s1. The van der Waals surface area contributed by atoms with Crippen LogP contribution in [-0.4, -0.2) is 24.0 Å². The molecular weight excluding hydrogens is 230 g/mol. The van der Waals surface area contributed by atoms with E-state index in [2.05, 4.69) is 53.4 Å². The molecule has 0 aromatic heterocycles. The SMILES string of the molecule is CCCC(C)CN(CC(C)CCC)[C@H](C)CC(C)C. The molecule has 0 spiro atoms. The fourth-order valence-electron chi connectivity index (χ4n) is 3.23. The summed E-state index contributed by atoms with van der Waals surface area (Å²) < 4.78 is 0. The van der Waals surface area contributed by atoms with Crippen LogP contribution in [0.3, 0.4) is 0 Å². The second kappa shape index (κ2) is 10.7. The van der Waals surface area contributed by atoms with Gasteiger partial charge in [0.15, 0.2) is 0 Å². The van der Waals surface area contributed by atoms with Crippen LogP contribution in [-0.2, 0) is 0 Å². The van der Waals surface area contributed by atoms with Crippen LogP contribution < -0.4 is 0 Å². The zero-order valence-electron chi connectivity index (χ0n) is 14.7. The lowest BCUT2D eigenvalue weighted by atomic mass is 9.98. The van der Waals surface area contributed by atoms with Gasteiger partial charge < -0.3 is 4.90 Å². The van der Waals surface area contributed by atoms with Crippen molar-refractivity contribution in [3.05, 3.63) is 0 Å². The fourth-order valence-corrected chi connectivity index (χ4v) is 3.23. The summed E-state index contributed by atoms with van der Waals surface area (Å²) in [6.45, 7) is 19.1. The molecule has 0 aliphatic rings. The molecule has 0 aliphatic heterocycles. The topological polar surface area (TPSA) is 3.24 Å². The van der Waals surface area contributed by atoms with Crippen LogP contribution >= 0.6 is 0 Å². The van der Waals surface area contributed by atoms with Crippen molar-refractivity contribution in [2.75, 3.05) is 13.1 Å². The van der Waals surface area contributed by atoms with Crippen LogP contribution in [0, 0.1) is 17.8 Å². The van der Waals surface area contributed by atoms with Gasteiger partial charge >= 0.3 is 0 Å². The lowest BCUT2D eigenvalue weighted by molar-refractivity contribution is 0.136. The normalized spacial score (nSPS) is 16.9. The molecule has 0 rings (SSSR count). The third kappa shape index (κ3) is 9.49. The van der Waals surface area contributed by atoms with Crippen LogP contribution in [0.15, 0.2) is 0 Å². The van der Waals surface area contributed by atoms with E-state index in [1.54, 1.807) is 0 Å². The van der Waals surface area contributed by atoms with Crippen molar-refractivity contribution in [1.82, 2.24) is 4.90 Å². The van der Waals surface area contributed by atoms with Gasteiger partial charge in [-0.3, -0.25) is 0 Å². The van der Waals surface area contributed by atoms with E-state index in [1.165, 1.54) is 45.2 Å². The zero-order chi connectivity index (χ0) is 14.8. The van der Waals surface area contributed by atoms with Gasteiger partial charge in [0.2, 0.25) is 0 Å². The van der Waals surface area contributed by atoms with Crippen LogP contribution in [0.2, 0.25) is 0 Å². The minimum absolute atomic E-state index is 0.735. The average Bonchev–Trinajstić information content (AvgIpc) is 2.27. The van der Waals surface area contributed by atoms with Crippen molar-refractivity contribution in [1.29, 1.82) is 0 Å². The maximum absolute atomic E-state index is 2.76. The maximum Gasteiger partial charge on any atom is 0.00695 e. The predicted octanol–water partition coefficient (Wildman–Crippen LogP) is 5.60. The highest BCUT2D eigenvalue weighted by Gasteiger charge is 2.19. The van der Waals surface area contributed by atoms with Crippen molar-refractivity contribution in [2.45, 2.75) is 86.6 Å². The van der Waals surface area contributed by atoms with Gasteiger partial charge in [0.1, 0.15) is 0 Å². The second-order valence-corrected chi connectivity index (χ2v) is 7.22. The van der Waals surface area contributed by atoms with Gasteiger partial charge in [0.05, 0.1) is 0 Å². The number of hydrogen-bond acceptors (Lipinski definition) is 1. The summed E-state index contributed by atoms with van der Waals surface area (Å²) in [6.07, 6.45) is 6.70. The van der Waals surface area contributed by atoms with E-state index in [0.717, 1.165) is 23.8 Å². The van der Waals surface area contributed by atoms with Crippen molar-refractivity contribution in [3.8, 4) is 0 Å². The molecule has 1 heteroatoms. The Labute approximate surface area is 123 Å². The van der Waals surface area contributed by atoms with Crippen LogP contribution in [0.1, 0.15) is 80.6 Å². The monoisotopic (exact) mass is 269 g/mol. The summed E-state index contributed by atoms with van der Waals surface area (Å²) in [4.78, 5) is 2.76. The first-order valence-corrected chi connectivity index (χ1v) is 8.64. The first-order chi connectivity index (χ1) is 8.90. The Morgan fingerprint density at radius 2 is 1.16 bits per heavy atom. The highest BCUT2D eigenvalue weighted by Crippen LogP contribution is 2.18. The Morgan fingerprint density at radius 1 is 0.737 bits per heavy atom. The molecule has 0 heterocycles. The van der Waals surface area contributed by atoms with E-state index in [9.17, 15) is 0 Å². The molecular formula is C18H39N. The molecule has 0 aromatic carbocycles. The third-order valence-electron chi connectivity index (χ3n) is 4.09. The van der Waals surface area contributed by atoms with Gasteiger partial charge in [-0.05, 0) is 43.9 Å². The van der Waals surface area contributed by atoms with E-state index in [4.69, 9.17) is 0 Å². The first kappa shape index (κ1) is 19.0. The molecule has 0 amide bonds. The molecule has 0 saturated carbocycles. The van der Waals surface area contributed by atoms with Crippen molar-refractivity contribution in [3.63, 3.8) is 0 Å². The number of rotatable bonds is 11. The lowest BCUT2D eigenvalue weighted by Gasteiger charge is -2.34. The summed E-state index contributed by atoms with van der Waals surface area (Å²) in [5, 5.41) is 0. The van der Waals surface area contributed by atoms with Crippen LogP contribution in [0.5, 0.6) is 0 Å². The molecule has 116 valence electrons. The average molecular weight is 270 g/mol. The molecule has 1 nitrogen and oxygen atoms in total. The molecule has 0 aliphatic carbocycles. The van der Waals surface area contributed by atoms with Crippen LogP contribution in [0.25, 0.3) is 0 Å². The Bertz CT molecular complexity index is 186. The molecule has 2 unspecified atom stereocenters. The molecule has 0 N–H and O–H groups in total. The molecule has 0 radical (unpaired) electrons. The Kier molecular flexibility index (Phi) is 10.7. The zero-order valence-corrected chi connectivity index (χ0v) is 14.7. The van der Waals surface area contributed by atoms with Gasteiger partial charge in [-0.25, -0.2) is 0 Å². The quantitative estimate of drug-likeness (QED) is 0.472. The van der Waals surface area contributed by atoms with Crippen molar-refractivity contribution < 1.29 is 0 Å². The van der Waals surface area contributed by atoms with Gasteiger partial charge in [-0.2, -0.15) is 0 Å². The summed E-state index contributed by atoms with van der Waals surface area (Å²) in [7, 11) is 0. The predicted molar refractivity (Wildman–Crippen MR) is 88.6 cm³/mol. The number of nitrogens with zero attached hydrogens (tertiary/aromatic N) is 1. The Balaban J connectivity index is 4.44. The summed E-state index contributed by atoms with van der Waals surface area (Å²) in [5.74, 6) is 2.49. The van der Waals surface area contributed by atoms with E-state index >= 15 is 0 Å². The van der Waals surface area contributed by atoms with E-state index in [1.807, 2.05) is 0 Å². The molecule has 0 bridgehead atoms. The highest BCUT2D eigenvalue weighted by atomic mass is 15.2. The van der Waals surface area contributed by atoms with E-state index in [-0.39, 0.29) is 0 Å². The number of hydrogen-bond donors (Lipinski definition) is 0. The lowest BCUT2D eigenvalue weighted by Crippen LogP contribution is -2.40. The second-order valence-electron chi connectivity index (χ2n) is 7.22. The molecule has 0 fully saturated rings. The van der Waals surface area contributed by atoms with Crippen molar-refractivity contribution >= 4 is 0 Å². The summed E-state index contributed by atoms with van der Waals surface area (Å²) >= 11 is 0. The molecule has 0 aromatic rings. The third-order valence-corrected chi connectivity index (χ3v) is 4.09. The largest absolute Gasteiger partial charge is 0.300 e.